The summed E-state index contributed by atoms with van der Waals surface area (Å²) in [4.78, 5) is 28.8. The number of nitrogens with zero attached hydrogens (tertiary/aromatic N) is 2. The van der Waals surface area contributed by atoms with Gasteiger partial charge in [-0.15, -0.1) is 0 Å². The lowest BCUT2D eigenvalue weighted by Crippen LogP contribution is -2.50. The Morgan fingerprint density at radius 2 is 1.88 bits per heavy atom. The summed E-state index contributed by atoms with van der Waals surface area (Å²) in [7, 11) is -3.48. The number of aryl methyl sites for hydroxylation is 3. The smallest absolute Gasteiger partial charge is 0.253 e. The summed E-state index contributed by atoms with van der Waals surface area (Å²) in [5.74, 6) is 0.243. The van der Waals surface area contributed by atoms with Crippen LogP contribution in [-0.4, -0.2) is 54.8 Å². The summed E-state index contributed by atoms with van der Waals surface area (Å²) < 4.78 is 27.5. The lowest BCUT2D eigenvalue weighted by atomic mass is 9.89. The second-order valence-electron chi connectivity index (χ2n) is 9.10. The van der Waals surface area contributed by atoms with Crippen LogP contribution in [0.25, 0.3) is 0 Å². The molecule has 0 aromatic heterocycles. The molecule has 1 fully saturated rings. The minimum absolute atomic E-state index is 0.00959. The summed E-state index contributed by atoms with van der Waals surface area (Å²) in [6.45, 7) is 5.86. The number of aliphatic imine (C=N–C) groups is 1. The predicted octanol–water partition coefficient (Wildman–Crippen LogP) is 2.55. The SMILES string of the molecule is CC(=O)Nc1ccc(CCS(=O)(=O)N2CCC3(CC2)N=C(c2cccc(C)c2)NC3=O)c(C)c1. The molecule has 8 nitrogen and oxygen atoms in total. The van der Waals surface area contributed by atoms with Crippen LogP contribution in [0.2, 0.25) is 0 Å². The number of hydrogen-bond donors (Lipinski definition) is 2. The molecule has 2 aliphatic heterocycles. The van der Waals surface area contributed by atoms with E-state index in [1.54, 1.807) is 6.07 Å². The van der Waals surface area contributed by atoms with E-state index in [0.717, 1.165) is 22.3 Å². The Kier molecular flexibility index (Phi) is 6.60. The molecule has 2 aromatic rings. The average molecular weight is 483 g/mol. The Morgan fingerprint density at radius 3 is 2.53 bits per heavy atom. The van der Waals surface area contributed by atoms with Gasteiger partial charge in [0.15, 0.2) is 0 Å². The van der Waals surface area contributed by atoms with Crippen molar-refractivity contribution in [1.82, 2.24) is 9.62 Å². The van der Waals surface area contributed by atoms with E-state index < -0.39 is 15.6 Å². The number of rotatable bonds is 6. The molecular formula is C25H30N4O4S. The first-order chi connectivity index (χ1) is 16.1. The number of nitrogens with one attached hydrogen (secondary N) is 2. The van der Waals surface area contributed by atoms with E-state index >= 15 is 0 Å². The Morgan fingerprint density at radius 1 is 1.15 bits per heavy atom. The van der Waals surface area contributed by atoms with Gasteiger partial charge in [0.2, 0.25) is 15.9 Å². The fourth-order valence-corrected chi connectivity index (χ4v) is 6.02. The van der Waals surface area contributed by atoms with Gasteiger partial charge in [-0.3, -0.25) is 14.6 Å². The number of hydrogen-bond acceptors (Lipinski definition) is 5. The van der Waals surface area contributed by atoms with Gasteiger partial charge in [0.25, 0.3) is 5.91 Å². The Balaban J connectivity index is 1.40. The zero-order valence-electron chi connectivity index (χ0n) is 19.7. The molecule has 0 saturated carbocycles. The number of carbonyl (C=O) groups is 2. The minimum Gasteiger partial charge on any atom is -0.326 e. The van der Waals surface area contributed by atoms with E-state index in [1.165, 1.54) is 11.2 Å². The number of sulfonamides is 1. The maximum Gasteiger partial charge on any atom is 0.253 e. The van der Waals surface area contributed by atoms with Gasteiger partial charge in [-0.1, -0.05) is 29.8 Å². The third kappa shape index (κ3) is 5.05. The van der Waals surface area contributed by atoms with Crippen LogP contribution in [0, 0.1) is 13.8 Å². The number of piperidine rings is 1. The summed E-state index contributed by atoms with van der Waals surface area (Å²) in [5.41, 5.74) is 3.59. The molecule has 1 spiro atoms. The van der Waals surface area contributed by atoms with Gasteiger partial charge >= 0.3 is 0 Å². The van der Waals surface area contributed by atoms with Crippen LogP contribution in [0.4, 0.5) is 5.69 Å². The van der Waals surface area contributed by atoms with E-state index in [-0.39, 0.29) is 30.7 Å². The molecule has 180 valence electrons. The van der Waals surface area contributed by atoms with Gasteiger partial charge in [0.05, 0.1) is 5.75 Å². The van der Waals surface area contributed by atoms with Crippen molar-refractivity contribution in [3.63, 3.8) is 0 Å². The van der Waals surface area contributed by atoms with Crippen LogP contribution in [0.15, 0.2) is 47.5 Å². The van der Waals surface area contributed by atoms with Crippen LogP contribution in [0.1, 0.15) is 42.0 Å². The van der Waals surface area contributed by atoms with Crippen LogP contribution in [0.3, 0.4) is 0 Å². The third-order valence-electron chi connectivity index (χ3n) is 6.51. The van der Waals surface area contributed by atoms with Gasteiger partial charge < -0.3 is 10.6 Å². The lowest BCUT2D eigenvalue weighted by molar-refractivity contribution is -0.125. The van der Waals surface area contributed by atoms with E-state index in [0.29, 0.717) is 30.8 Å². The highest BCUT2D eigenvalue weighted by Crippen LogP contribution is 2.32. The zero-order valence-corrected chi connectivity index (χ0v) is 20.5. The maximum absolute atomic E-state index is 13.0. The van der Waals surface area contributed by atoms with Crippen molar-refractivity contribution in [3.8, 4) is 0 Å². The largest absolute Gasteiger partial charge is 0.326 e. The van der Waals surface area contributed by atoms with Crippen LogP contribution < -0.4 is 10.6 Å². The molecule has 2 aliphatic rings. The van der Waals surface area contributed by atoms with Gasteiger partial charge in [0.1, 0.15) is 11.4 Å². The Labute approximate surface area is 200 Å². The van der Waals surface area contributed by atoms with Gasteiger partial charge in [0, 0.05) is 31.3 Å². The van der Waals surface area contributed by atoms with E-state index in [4.69, 9.17) is 4.99 Å². The van der Waals surface area contributed by atoms with Gasteiger partial charge in [-0.25, -0.2) is 12.7 Å². The number of carbonyl (C=O) groups excluding carboxylic acids is 2. The van der Waals surface area contributed by atoms with Crippen molar-refractivity contribution in [2.45, 2.75) is 45.6 Å². The summed E-state index contributed by atoms with van der Waals surface area (Å²) in [5, 5.41) is 5.63. The predicted molar refractivity (Wildman–Crippen MR) is 132 cm³/mol. The van der Waals surface area contributed by atoms with E-state index in [9.17, 15) is 18.0 Å². The molecule has 2 aromatic carbocycles. The highest BCUT2D eigenvalue weighted by molar-refractivity contribution is 7.89. The van der Waals surface area contributed by atoms with Gasteiger partial charge in [-0.2, -0.15) is 0 Å². The summed E-state index contributed by atoms with van der Waals surface area (Å²) >= 11 is 0. The second kappa shape index (κ2) is 9.31. The summed E-state index contributed by atoms with van der Waals surface area (Å²) in [6, 6.07) is 13.3. The van der Waals surface area contributed by atoms with Crippen molar-refractivity contribution >= 4 is 33.4 Å². The van der Waals surface area contributed by atoms with Crippen LogP contribution >= 0.6 is 0 Å². The number of amidine groups is 1. The molecule has 9 heteroatoms. The quantitative estimate of drug-likeness (QED) is 0.660. The topological polar surface area (TPSA) is 108 Å². The van der Waals surface area contributed by atoms with Crippen molar-refractivity contribution in [2.24, 2.45) is 4.99 Å². The van der Waals surface area contributed by atoms with E-state index in [2.05, 4.69) is 10.6 Å². The second-order valence-corrected chi connectivity index (χ2v) is 11.2. The van der Waals surface area contributed by atoms with Crippen LogP contribution in [0.5, 0.6) is 0 Å². The maximum atomic E-state index is 13.0. The van der Waals surface area contributed by atoms with Crippen molar-refractivity contribution in [1.29, 1.82) is 0 Å². The first-order valence-corrected chi connectivity index (χ1v) is 13.0. The first-order valence-electron chi connectivity index (χ1n) is 11.4. The fraction of sp³-hybridized carbons (Fsp3) is 0.400. The van der Waals surface area contributed by atoms with Crippen molar-refractivity contribution in [2.75, 3.05) is 24.2 Å². The van der Waals surface area contributed by atoms with Crippen LogP contribution in [-0.2, 0) is 26.0 Å². The molecule has 4 rings (SSSR count). The highest BCUT2D eigenvalue weighted by Gasteiger charge is 2.47. The monoisotopic (exact) mass is 482 g/mol. The number of amides is 2. The number of anilines is 1. The Hall–Kier alpha value is -3.04. The van der Waals surface area contributed by atoms with E-state index in [1.807, 2.05) is 50.2 Å². The standard InChI is InChI=1S/C25H30N4O4S/c1-17-5-4-6-21(15-17)23-27-24(31)25(28-23)10-12-29(13-11-25)34(32,33)14-9-20-7-8-22(16-18(20)2)26-19(3)30/h4-8,15-16H,9-14H2,1-3H3,(H,26,30)(H,27,28,31). The van der Waals surface area contributed by atoms with Crippen molar-refractivity contribution < 1.29 is 18.0 Å². The molecule has 34 heavy (non-hydrogen) atoms. The highest BCUT2D eigenvalue weighted by atomic mass is 32.2. The molecule has 0 aliphatic carbocycles. The zero-order chi connectivity index (χ0) is 24.5. The molecule has 0 atom stereocenters. The first kappa shape index (κ1) is 24.1. The Bertz CT molecular complexity index is 1260. The fourth-order valence-electron chi connectivity index (χ4n) is 4.54. The molecular weight excluding hydrogens is 452 g/mol. The minimum atomic E-state index is -3.48. The molecule has 2 amide bonds. The normalized spacial score (nSPS) is 18.0. The summed E-state index contributed by atoms with van der Waals surface area (Å²) in [6.07, 6.45) is 1.10. The van der Waals surface area contributed by atoms with Gasteiger partial charge in [-0.05, 0) is 62.4 Å². The molecule has 1 saturated heterocycles. The van der Waals surface area contributed by atoms with Crippen molar-refractivity contribution in [3.05, 3.63) is 64.7 Å². The number of benzene rings is 2. The molecule has 0 unspecified atom stereocenters. The average Bonchev–Trinajstić information content (AvgIpc) is 3.09. The third-order valence-corrected chi connectivity index (χ3v) is 8.38. The lowest BCUT2D eigenvalue weighted by Gasteiger charge is -2.34. The molecule has 0 bridgehead atoms. The molecule has 0 radical (unpaired) electrons. The molecule has 2 N–H and O–H groups in total. The molecule has 2 heterocycles.